The largest absolute Gasteiger partial charge is 0.462 e. The Morgan fingerprint density at radius 2 is 0.494 bits per heavy atom. The van der Waals surface area contributed by atoms with E-state index in [1.54, 1.807) is 0 Å². The zero-order chi connectivity index (χ0) is 57.1. The fraction of sp³-hybridized carbons (Fsp3) is 0.685. The molecule has 0 heterocycles. The van der Waals surface area contributed by atoms with E-state index in [-0.39, 0.29) is 31.1 Å². The second-order valence-corrected chi connectivity index (χ2v) is 21.6. The molecule has 0 amide bonds. The van der Waals surface area contributed by atoms with Crippen LogP contribution in [0.1, 0.15) is 303 Å². The van der Waals surface area contributed by atoms with E-state index in [4.69, 9.17) is 14.2 Å². The average Bonchev–Trinajstić information content (AvgIpc) is 3.45. The number of unbranched alkanes of at least 4 members (excludes halogenated alkanes) is 28. The molecule has 0 aromatic carbocycles. The molecule has 0 N–H and O–H groups in total. The standard InChI is InChI=1S/C73H122O6/c1-4-7-10-13-15-17-19-21-23-25-27-29-31-33-35-36-38-39-41-43-45-47-49-51-53-55-57-60-63-66-72(75)78-69-70(68-77-71(74)65-62-59-12-9-6-3)79-73(76)67-64-61-58-56-54-52-50-48-46-44-42-40-37-34-32-30-28-26-24-22-20-18-16-14-11-8-5-2/h7-8,10-11,15-18,21-24,27-30,34,37,42,44,70H,4-6,9,12-14,19-20,25-26,31-33,35-36,38-41,43,45-69H2,1-3H3/b10-7-,11-8-,17-15-,18-16-,23-21-,24-22-,29-27-,30-28-,37-34-,44-42-. The van der Waals surface area contributed by atoms with Gasteiger partial charge in [0.15, 0.2) is 6.10 Å². The van der Waals surface area contributed by atoms with E-state index in [1.807, 2.05) is 0 Å². The quantitative estimate of drug-likeness (QED) is 0.0261. The Morgan fingerprint density at radius 3 is 0.772 bits per heavy atom. The summed E-state index contributed by atoms with van der Waals surface area (Å²) in [5, 5.41) is 0. The molecule has 0 saturated carbocycles. The first kappa shape index (κ1) is 74.8. The van der Waals surface area contributed by atoms with Crippen LogP contribution in [0.2, 0.25) is 0 Å². The molecule has 0 fully saturated rings. The number of hydrogen-bond donors (Lipinski definition) is 0. The van der Waals surface area contributed by atoms with E-state index < -0.39 is 6.10 Å². The third-order valence-electron chi connectivity index (χ3n) is 14.0. The predicted molar refractivity (Wildman–Crippen MR) is 343 cm³/mol. The van der Waals surface area contributed by atoms with Crippen LogP contribution in [0.4, 0.5) is 0 Å². The van der Waals surface area contributed by atoms with Crippen LogP contribution in [0.25, 0.3) is 0 Å². The molecule has 0 aromatic heterocycles. The van der Waals surface area contributed by atoms with Gasteiger partial charge < -0.3 is 14.2 Å². The van der Waals surface area contributed by atoms with Crippen LogP contribution < -0.4 is 0 Å². The molecule has 6 heteroatoms. The maximum atomic E-state index is 12.8. The number of carbonyl (C=O) groups is 3. The van der Waals surface area contributed by atoms with E-state index >= 15 is 0 Å². The summed E-state index contributed by atoms with van der Waals surface area (Å²) in [6.07, 6.45) is 92.6. The highest BCUT2D eigenvalue weighted by atomic mass is 16.6. The zero-order valence-electron chi connectivity index (χ0n) is 51.6. The molecule has 6 nitrogen and oxygen atoms in total. The molecule has 0 spiro atoms. The molecule has 79 heavy (non-hydrogen) atoms. The highest BCUT2D eigenvalue weighted by molar-refractivity contribution is 5.71. The lowest BCUT2D eigenvalue weighted by Crippen LogP contribution is -2.30. The van der Waals surface area contributed by atoms with Gasteiger partial charge in [0, 0.05) is 19.3 Å². The van der Waals surface area contributed by atoms with E-state index in [1.165, 1.54) is 128 Å². The third kappa shape index (κ3) is 64.5. The smallest absolute Gasteiger partial charge is 0.306 e. The van der Waals surface area contributed by atoms with Crippen LogP contribution in [0, 0.1) is 0 Å². The van der Waals surface area contributed by atoms with Gasteiger partial charge in [0.2, 0.25) is 0 Å². The number of ether oxygens (including phenoxy) is 3. The number of hydrogen-bond acceptors (Lipinski definition) is 6. The summed E-state index contributed by atoms with van der Waals surface area (Å²) in [6.45, 7) is 6.34. The summed E-state index contributed by atoms with van der Waals surface area (Å²) in [4.78, 5) is 38.0. The maximum absolute atomic E-state index is 12.8. The van der Waals surface area contributed by atoms with Crippen LogP contribution in [-0.4, -0.2) is 37.2 Å². The minimum Gasteiger partial charge on any atom is -0.462 e. The van der Waals surface area contributed by atoms with Crippen LogP contribution in [0.3, 0.4) is 0 Å². The Balaban J connectivity index is 4.04. The zero-order valence-corrected chi connectivity index (χ0v) is 51.6. The van der Waals surface area contributed by atoms with Gasteiger partial charge in [-0.2, -0.15) is 0 Å². The van der Waals surface area contributed by atoms with Crippen molar-refractivity contribution in [1.82, 2.24) is 0 Å². The van der Waals surface area contributed by atoms with Crippen LogP contribution in [0.15, 0.2) is 122 Å². The minimum absolute atomic E-state index is 0.0811. The molecular formula is C73H122O6. The summed E-state index contributed by atoms with van der Waals surface area (Å²) >= 11 is 0. The number of allylic oxidation sites excluding steroid dienone is 20. The molecule has 0 bridgehead atoms. The van der Waals surface area contributed by atoms with Crippen molar-refractivity contribution in [2.45, 2.75) is 309 Å². The lowest BCUT2D eigenvalue weighted by molar-refractivity contribution is -0.167. The number of rotatable bonds is 59. The first-order chi connectivity index (χ1) is 39.0. The second-order valence-electron chi connectivity index (χ2n) is 21.6. The Hall–Kier alpha value is -4.19. The van der Waals surface area contributed by atoms with E-state index in [0.29, 0.717) is 19.3 Å². The fourth-order valence-electron chi connectivity index (χ4n) is 9.09. The Bertz CT molecular complexity index is 1640. The molecule has 0 aliphatic heterocycles. The highest BCUT2D eigenvalue weighted by Gasteiger charge is 2.19. The van der Waals surface area contributed by atoms with Crippen molar-refractivity contribution >= 4 is 17.9 Å². The molecule has 0 aromatic rings. The van der Waals surface area contributed by atoms with Gasteiger partial charge in [0.1, 0.15) is 13.2 Å². The molecule has 450 valence electrons. The summed E-state index contributed by atoms with van der Waals surface area (Å²) in [5.41, 5.74) is 0. The number of esters is 3. The maximum Gasteiger partial charge on any atom is 0.306 e. The minimum atomic E-state index is -0.781. The number of carbonyl (C=O) groups excluding carboxylic acids is 3. The van der Waals surface area contributed by atoms with Crippen molar-refractivity contribution in [2.24, 2.45) is 0 Å². The van der Waals surface area contributed by atoms with Gasteiger partial charge in [-0.05, 0) is 109 Å². The Morgan fingerprint density at radius 1 is 0.266 bits per heavy atom. The summed E-state index contributed by atoms with van der Waals surface area (Å²) in [6, 6.07) is 0. The fourth-order valence-corrected chi connectivity index (χ4v) is 9.09. The van der Waals surface area contributed by atoms with Gasteiger partial charge in [-0.1, -0.05) is 296 Å². The summed E-state index contributed by atoms with van der Waals surface area (Å²) < 4.78 is 16.8. The monoisotopic (exact) mass is 1090 g/mol. The van der Waals surface area contributed by atoms with Crippen molar-refractivity contribution in [3.8, 4) is 0 Å². The average molecular weight is 1100 g/mol. The topological polar surface area (TPSA) is 78.9 Å². The van der Waals surface area contributed by atoms with Crippen LogP contribution >= 0.6 is 0 Å². The van der Waals surface area contributed by atoms with Gasteiger partial charge in [-0.25, -0.2) is 0 Å². The van der Waals surface area contributed by atoms with Crippen molar-refractivity contribution in [1.29, 1.82) is 0 Å². The summed E-state index contributed by atoms with van der Waals surface area (Å²) in [7, 11) is 0. The second kappa shape index (κ2) is 66.3. The van der Waals surface area contributed by atoms with Gasteiger partial charge in [-0.3, -0.25) is 14.4 Å². The Kier molecular flexibility index (Phi) is 62.8. The third-order valence-corrected chi connectivity index (χ3v) is 14.0. The van der Waals surface area contributed by atoms with E-state index in [0.717, 1.165) is 135 Å². The molecule has 0 saturated heterocycles. The lowest BCUT2D eigenvalue weighted by atomic mass is 10.0. The normalized spacial score (nSPS) is 12.9. The van der Waals surface area contributed by atoms with Crippen LogP contribution in [0.5, 0.6) is 0 Å². The SMILES string of the molecule is CC/C=C\C/C=C\C/C=C\C/C=C\C/C=C\C/C=C\CCCCCCCCCCC(=O)OC(COC(=O)CCCCCCC)COC(=O)CCCCCCCCCCCCCCCCCC/C=C\C/C=C\C/C=C\C/C=C\CC. The van der Waals surface area contributed by atoms with E-state index in [2.05, 4.69) is 142 Å². The van der Waals surface area contributed by atoms with Crippen LogP contribution in [-0.2, 0) is 28.6 Å². The van der Waals surface area contributed by atoms with Gasteiger partial charge in [0.05, 0.1) is 0 Å². The highest BCUT2D eigenvalue weighted by Crippen LogP contribution is 2.16. The molecule has 0 aliphatic carbocycles. The molecule has 0 rings (SSSR count). The molecule has 0 radical (unpaired) electrons. The van der Waals surface area contributed by atoms with Crippen molar-refractivity contribution < 1.29 is 28.6 Å². The van der Waals surface area contributed by atoms with Crippen molar-refractivity contribution in [2.75, 3.05) is 13.2 Å². The van der Waals surface area contributed by atoms with Gasteiger partial charge in [-0.15, -0.1) is 0 Å². The first-order valence-corrected chi connectivity index (χ1v) is 33.0. The van der Waals surface area contributed by atoms with Crippen molar-refractivity contribution in [3.63, 3.8) is 0 Å². The van der Waals surface area contributed by atoms with Crippen molar-refractivity contribution in [3.05, 3.63) is 122 Å². The molecule has 1 atom stereocenters. The molecule has 1 unspecified atom stereocenters. The molecular weight excluding hydrogens is 973 g/mol. The van der Waals surface area contributed by atoms with Gasteiger partial charge in [0.25, 0.3) is 0 Å². The van der Waals surface area contributed by atoms with E-state index in [9.17, 15) is 14.4 Å². The Labute approximate surface area is 488 Å². The first-order valence-electron chi connectivity index (χ1n) is 33.0. The summed E-state index contributed by atoms with van der Waals surface area (Å²) in [5.74, 6) is -0.898. The van der Waals surface area contributed by atoms with Gasteiger partial charge >= 0.3 is 17.9 Å². The predicted octanol–water partition coefficient (Wildman–Crippen LogP) is 22.8. The molecule has 0 aliphatic rings. The lowest BCUT2D eigenvalue weighted by Gasteiger charge is -2.18.